The molecule has 1 aromatic rings. The third kappa shape index (κ3) is 4.10. The average Bonchev–Trinajstić information content (AvgIpc) is 2.71. The van der Waals surface area contributed by atoms with Gasteiger partial charge in [0, 0.05) is 45.5 Å². The Labute approximate surface area is 108 Å². The zero-order valence-corrected chi connectivity index (χ0v) is 11.6. The number of nitrogens with zero attached hydrogens (tertiary/aromatic N) is 4. The minimum Gasteiger partial charge on any atom is -0.396 e. The van der Waals surface area contributed by atoms with Gasteiger partial charge in [-0.25, -0.2) is 0 Å². The summed E-state index contributed by atoms with van der Waals surface area (Å²) in [5, 5.41) is 16.9. The molecular formula is C12H22N4O2. The highest BCUT2D eigenvalue weighted by molar-refractivity contribution is 5.76. The zero-order chi connectivity index (χ0) is 13.8. The summed E-state index contributed by atoms with van der Waals surface area (Å²) in [6.07, 6.45) is 2.61. The molecule has 6 nitrogen and oxygen atoms in total. The van der Waals surface area contributed by atoms with E-state index in [-0.39, 0.29) is 17.9 Å². The van der Waals surface area contributed by atoms with Crippen LogP contribution in [0.3, 0.4) is 0 Å². The van der Waals surface area contributed by atoms with E-state index in [9.17, 15) is 9.90 Å². The largest absolute Gasteiger partial charge is 0.396 e. The first-order chi connectivity index (χ1) is 8.35. The van der Waals surface area contributed by atoms with Crippen molar-refractivity contribution in [2.75, 3.05) is 20.2 Å². The van der Waals surface area contributed by atoms with Gasteiger partial charge < -0.3 is 14.6 Å². The fraction of sp³-hybridized carbons (Fsp3) is 0.750. The highest BCUT2D eigenvalue weighted by Gasteiger charge is 2.21. The Bertz CT molecular complexity index is 401. The number of amides is 1. The average molecular weight is 254 g/mol. The fourth-order valence-corrected chi connectivity index (χ4v) is 1.72. The van der Waals surface area contributed by atoms with Gasteiger partial charge in [0.05, 0.1) is 0 Å². The van der Waals surface area contributed by atoms with Crippen molar-refractivity contribution < 1.29 is 9.90 Å². The topological polar surface area (TPSA) is 71.2 Å². The Morgan fingerprint density at radius 1 is 1.56 bits per heavy atom. The molecule has 0 bridgehead atoms. The summed E-state index contributed by atoms with van der Waals surface area (Å²) in [7, 11) is 3.62. The molecule has 0 unspecified atom stereocenters. The second-order valence-corrected chi connectivity index (χ2v) is 5.43. The van der Waals surface area contributed by atoms with Gasteiger partial charge in [-0.05, 0) is 0 Å². The first kappa shape index (κ1) is 14.6. The number of aryl methyl sites for hydroxylation is 2. The lowest BCUT2D eigenvalue weighted by atomic mass is 9.94. The van der Waals surface area contributed by atoms with Crippen molar-refractivity contribution >= 4 is 5.91 Å². The highest BCUT2D eigenvalue weighted by Crippen LogP contribution is 2.15. The Hall–Kier alpha value is -1.43. The van der Waals surface area contributed by atoms with Crippen molar-refractivity contribution in [2.24, 2.45) is 12.5 Å². The molecule has 0 spiro atoms. The van der Waals surface area contributed by atoms with Gasteiger partial charge >= 0.3 is 0 Å². The molecule has 1 aromatic heterocycles. The van der Waals surface area contributed by atoms with Crippen LogP contribution in [0, 0.1) is 5.41 Å². The molecule has 1 amide bonds. The van der Waals surface area contributed by atoms with Crippen molar-refractivity contribution in [3.05, 3.63) is 12.2 Å². The molecule has 1 rings (SSSR count). The third-order valence-electron chi connectivity index (χ3n) is 2.89. The fourth-order valence-electron chi connectivity index (χ4n) is 1.72. The summed E-state index contributed by atoms with van der Waals surface area (Å²) in [5.41, 5.74) is -0.269. The third-order valence-corrected chi connectivity index (χ3v) is 2.89. The van der Waals surface area contributed by atoms with Crippen molar-refractivity contribution in [3.8, 4) is 0 Å². The molecular weight excluding hydrogens is 232 g/mol. The first-order valence-electron chi connectivity index (χ1n) is 6.03. The molecule has 6 heteroatoms. The Morgan fingerprint density at radius 3 is 2.72 bits per heavy atom. The standard InChI is InChI=1S/C12H22N4O2/c1-12(2,8-17)7-15(3)11(18)6-5-10-14-13-9-16(10)4/h9,17H,5-8H2,1-4H3. The summed E-state index contributed by atoms with van der Waals surface area (Å²) in [6, 6.07) is 0. The molecule has 0 aliphatic heterocycles. The maximum absolute atomic E-state index is 11.9. The van der Waals surface area contributed by atoms with E-state index in [0.29, 0.717) is 19.4 Å². The molecule has 0 atom stereocenters. The second kappa shape index (κ2) is 5.95. The Morgan fingerprint density at radius 2 is 2.22 bits per heavy atom. The van der Waals surface area contributed by atoms with E-state index in [4.69, 9.17) is 0 Å². The van der Waals surface area contributed by atoms with E-state index >= 15 is 0 Å². The Kier molecular flexibility index (Phi) is 4.84. The van der Waals surface area contributed by atoms with Crippen LogP contribution < -0.4 is 0 Å². The summed E-state index contributed by atoms with van der Waals surface area (Å²) in [6.45, 7) is 4.47. The number of rotatable bonds is 6. The van der Waals surface area contributed by atoms with Crippen LogP contribution in [-0.2, 0) is 18.3 Å². The number of aliphatic hydroxyl groups is 1. The minimum absolute atomic E-state index is 0.0551. The van der Waals surface area contributed by atoms with Crippen LogP contribution in [0.5, 0.6) is 0 Å². The number of hydrogen-bond donors (Lipinski definition) is 1. The van der Waals surface area contributed by atoms with Crippen molar-refractivity contribution in [3.63, 3.8) is 0 Å². The monoisotopic (exact) mass is 254 g/mol. The van der Waals surface area contributed by atoms with Gasteiger partial charge in [-0.1, -0.05) is 13.8 Å². The number of hydrogen-bond acceptors (Lipinski definition) is 4. The van der Waals surface area contributed by atoms with Crippen LogP contribution >= 0.6 is 0 Å². The predicted octanol–water partition coefficient (Wildman–Crippen LogP) is 0.225. The summed E-state index contributed by atoms with van der Waals surface area (Å²) < 4.78 is 1.81. The quantitative estimate of drug-likeness (QED) is 0.788. The normalized spacial score (nSPS) is 11.6. The molecule has 102 valence electrons. The van der Waals surface area contributed by atoms with Gasteiger partial charge in [-0.3, -0.25) is 4.79 Å². The van der Waals surface area contributed by atoms with Crippen molar-refractivity contribution in [1.82, 2.24) is 19.7 Å². The van der Waals surface area contributed by atoms with Crippen molar-refractivity contribution in [2.45, 2.75) is 26.7 Å². The van der Waals surface area contributed by atoms with Crippen LogP contribution in [0.2, 0.25) is 0 Å². The summed E-state index contributed by atoms with van der Waals surface area (Å²) in [5.74, 6) is 0.859. The van der Waals surface area contributed by atoms with E-state index in [2.05, 4.69) is 10.2 Å². The smallest absolute Gasteiger partial charge is 0.222 e. The highest BCUT2D eigenvalue weighted by atomic mass is 16.3. The molecule has 0 saturated carbocycles. The Balaban J connectivity index is 2.44. The molecule has 0 fully saturated rings. The summed E-state index contributed by atoms with van der Waals surface area (Å²) in [4.78, 5) is 13.6. The first-order valence-corrected chi connectivity index (χ1v) is 6.03. The predicted molar refractivity (Wildman–Crippen MR) is 67.8 cm³/mol. The van der Waals surface area contributed by atoms with Crippen molar-refractivity contribution in [1.29, 1.82) is 0 Å². The lowest BCUT2D eigenvalue weighted by Crippen LogP contribution is -2.37. The van der Waals surface area contributed by atoms with E-state index < -0.39 is 0 Å². The number of carbonyl (C=O) groups is 1. The molecule has 0 aliphatic rings. The molecule has 0 saturated heterocycles. The van der Waals surface area contributed by atoms with Gasteiger partial charge in [0.1, 0.15) is 12.2 Å². The molecule has 1 heterocycles. The molecule has 1 N–H and O–H groups in total. The molecule has 0 aromatic carbocycles. The number of aliphatic hydroxyl groups excluding tert-OH is 1. The van der Waals surface area contributed by atoms with E-state index in [0.717, 1.165) is 5.82 Å². The zero-order valence-electron chi connectivity index (χ0n) is 11.6. The molecule has 0 aliphatic carbocycles. The lowest BCUT2D eigenvalue weighted by Gasteiger charge is -2.28. The van der Waals surface area contributed by atoms with Crippen LogP contribution in [0.15, 0.2) is 6.33 Å². The lowest BCUT2D eigenvalue weighted by molar-refractivity contribution is -0.131. The summed E-state index contributed by atoms with van der Waals surface area (Å²) >= 11 is 0. The van der Waals surface area contributed by atoms with Crippen LogP contribution in [0.1, 0.15) is 26.1 Å². The van der Waals surface area contributed by atoms with Gasteiger partial charge in [0.15, 0.2) is 0 Å². The van der Waals surface area contributed by atoms with Gasteiger partial charge in [-0.2, -0.15) is 0 Å². The molecule has 18 heavy (non-hydrogen) atoms. The van der Waals surface area contributed by atoms with E-state index in [1.54, 1.807) is 18.3 Å². The second-order valence-electron chi connectivity index (χ2n) is 5.43. The molecule has 0 radical (unpaired) electrons. The number of carbonyl (C=O) groups excluding carboxylic acids is 1. The van der Waals surface area contributed by atoms with Gasteiger partial charge in [-0.15, -0.1) is 10.2 Å². The number of aromatic nitrogens is 3. The minimum atomic E-state index is -0.269. The van der Waals surface area contributed by atoms with Crippen LogP contribution in [-0.4, -0.2) is 50.9 Å². The van der Waals surface area contributed by atoms with E-state index in [1.807, 2.05) is 25.5 Å². The van der Waals surface area contributed by atoms with Crippen LogP contribution in [0.4, 0.5) is 0 Å². The van der Waals surface area contributed by atoms with Gasteiger partial charge in [0.25, 0.3) is 0 Å². The maximum atomic E-state index is 11.9. The maximum Gasteiger partial charge on any atom is 0.222 e. The SMILES string of the molecule is CN(CC(C)(C)CO)C(=O)CCc1nncn1C. The van der Waals surface area contributed by atoms with Gasteiger partial charge in [0.2, 0.25) is 5.91 Å². The van der Waals surface area contributed by atoms with E-state index in [1.165, 1.54) is 0 Å². The van der Waals surface area contributed by atoms with Crippen LogP contribution in [0.25, 0.3) is 0 Å².